The number of carboxylic acid groups (broad SMARTS) is 1. The van der Waals surface area contributed by atoms with Crippen molar-refractivity contribution in [3.05, 3.63) is 35.5 Å². The first-order valence-electron chi connectivity index (χ1n) is 32.2. The second-order valence-electron chi connectivity index (χ2n) is 28.8. The highest BCUT2D eigenvalue weighted by atomic mass is 16.8. The summed E-state index contributed by atoms with van der Waals surface area (Å²) in [5, 5.41) is 156. The van der Waals surface area contributed by atoms with E-state index in [9.17, 15) is 85.9 Å². The Morgan fingerprint density at radius 1 is 0.681 bits per heavy atom. The van der Waals surface area contributed by atoms with Crippen LogP contribution in [-0.2, 0) is 61.8 Å². The van der Waals surface area contributed by atoms with Crippen molar-refractivity contribution < 1.29 is 133 Å². The molecule has 27 heteroatoms. The van der Waals surface area contributed by atoms with E-state index in [4.69, 9.17) is 47.4 Å². The molecular formula is C64H100O27. The molecule has 3 unspecified atom stereocenters. The lowest BCUT2D eigenvalue weighted by atomic mass is 9.32. The smallest absolute Gasteiger partial charge is 0.335 e. The number of hydrogen-bond acceptors (Lipinski definition) is 26. The largest absolute Gasteiger partial charge is 0.479 e. The average Bonchev–Trinajstić information content (AvgIpc) is 0.670. The van der Waals surface area contributed by atoms with E-state index in [-0.39, 0.29) is 37.7 Å². The fourth-order valence-corrected chi connectivity index (χ4v) is 17.8. The molecule has 4 saturated heterocycles. The number of unbranched alkanes of at least 4 members (excludes halogenated alkanes) is 1. The molecule has 9 aliphatic rings. The number of aliphatic hydroxyl groups is 13. The van der Waals surface area contributed by atoms with Crippen molar-refractivity contribution in [3.8, 4) is 0 Å². The molecule has 30 atom stereocenters. The Balaban J connectivity index is 1.06. The van der Waals surface area contributed by atoms with Crippen LogP contribution in [0.25, 0.3) is 0 Å². The SMILES string of the molecule is C/C=C(/C)C(=O)O[C@H]1[C@H](OC(=O)/C=C\CCC)[C@]2(CO)[C@H](O)C[C@]3(C)C(=CC[C@@H]4[C@@]5(C)CC[C@H](O[C@@H]6O[C@H](C(=O)O)[C@@H](O)[C@H](O[C@@H]7OC[C@H](O)[C@H](O)[C@H]7OC7OC[C@@H](O)C(O)C7O)[C@H]6O[C@@H]6O[C@H](CO)[C@H](O)[C@H](O)[C@H]6O)[C@@](C)(CCO)[C@@H]5CC[C@]43C)[C@@H]2CC1(C)C. The summed E-state index contributed by atoms with van der Waals surface area (Å²) in [4.78, 5) is 40.8. The molecule has 4 heterocycles. The van der Waals surface area contributed by atoms with E-state index in [0.717, 1.165) is 12.0 Å². The molecular weight excluding hydrogens is 1200 g/mol. The lowest BCUT2D eigenvalue weighted by molar-refractivity contribution is -0.399. The first-order valence-corrected chi connectivity index (χ1v) is 32.2. The number of fused-ring (bicyclic) bond motifs is 7. The second kappa shape index (κ2) is 27.7. The van der Waals surface area contributed by atoms with Crippen molar-refractivity contribution in [2.45, 2.75) is 262 Å². The number of aliphatic hydroxyl groups excluding tert-OH is 13. The van der Waals surface area contributed by atoms with E-state index in [1.807, 2.05) is 27.7 Å². The maximum Gasteiger partial charge on any atom is 0.335 e. The van der Waals surface area contributed by atoms with Crippen LogP contribution in [0.2, 0.25) is 0 Å². The molecule has 14 N–H and O–H groups in total. The molecule has 0 aromatic rings. The summed E-state index contributed by atoms with van der Waals surface area (Å²) in [5.74, 6) is -3.95. The highest BCUT2D eigenvalue weighted by Gasteiger charge is 2.74. The molecule has 0 spiro atoms. The number of ether oxygens (including phenoxy) is 10. The molecule has 8 fully saturated rings. The number of carbonyl (C=O) groups is 3. The van der Waals surface area contributed by atoms with Gasteiger partial charge in [0, 0.05) is 23.7 Å². The van der Waals surface area contributed by atoms with Gasteiger partial charge in [-0.1, -0.05) is 78.7 Å². The minimum atomic E-state index is -2.25. The molecule has 5 aliphatic carbocycles. The van der Waals surface area contributed by atoms with Gasteiger partial charge >= 0.3 is 17.9 Å². The molecule has 0 radical (unpaired) electrons. The zero-order valence-corrected chi connectivity index (χ0v) is 53.4. The van der Waals surface area contributed by atoms with Crippen molar-refractivity contribution in [2.24, 2.45) is 50.2 Å². The van der Waals surface area contributed by atoms with Gasteiger partial charge in [0.1, 0.15) is 85.5 Å². The Morgan fingerprint density at radius 2 is 1.33 bits per heavy atom. The fourth-order valence-electron chi connectivity index (χ4n) is 17.8. The number of hydrogen-bond donors (Lipinski definition) is 14. The van der Waals surface area contributed by atoms with Crippen molar-refractivity contribution in [3.63, 3.8) is 0 Å². The van der Waals surface area contributed by atoms with Crippen molar-refractivity contribution in [1.29, 1.82) is 0 Å². The summed E-state index contributed by atoms with van der Waals surface area (Å²) < 4.78 is 61.5. The lowest BCUT2D eigenvalue weighted by Gasteiger charge is -2.73. The molecule has 0 aromatic heterocycles. The molecule has 4 aliphatic heterocycles. The Kier molecular flexibility index (Phi) is 22.0. The highest BCUT2D eigenvalue weighted by Crippen LogP contribution is 2.76. The highest BCUT2D eigenvalue weighted by molar-refractivity contribution is 5.88. The van der Waals surface area contributed by atoms with Crippen molar-refractivity contribution >= 4 is 17.9 Å². The van der Waals surface area contributed by atoms with Crippen LogP contribution in [0.3, 0.4) is 0 Å². The van der Waals surface area contributed by atoms with Gasteiger partial charge < -0.3 is 119 Å². The van der Waals surface area contributed by atoms with Gasteiger partial charge in [-0.25, -0.2) is 14.4 Å². The first kappa shape index (κ1) is 72.1. The number of esters is 2. The number of carboxylic acids is 1. The summed E-state index contributed by atoms with van der Waals surface area (Å²) >= 11 is 0. The molecule has 0 aromatic carbocycles. The van der Waals surface area contributed by atoms with Crippen LogP contribution in [-0.4, -0.2) is 257 Å². The molecule has 91 heavy (non-hydrogen) atoms. The normalized spacial score (nSPS) is 49.1. The van der Waals surface area contributed by atoms with E-state index >= 15 is 0 Å². The summed E-state index contributed by atoms with van der Waals surface area (Å²) in [6.07, 6.45) is -27.6. The molecule has 27 nitrogen and oxygen atoms in total. The maximum atomic E-state index is 13.9. The predicted molar refractivity (Wildman–Crippen MR) is 313 cm³/mol. The van der Waals surface area contributed by atoms with Gasteiger partial charge in [0.15, 0.2) is 37.4 Å². The number of aliphatic carboxylic acids is 1. The third-order valence-corrected chi connectivity index (χ3v) is 23.3. The third kappa shape index (κ3) is 12.6. The maximum absolute atomic E-state index is 13.9. The summed E-state index contributed by atoms with van der Waals surface area (Å²) in [5.41, 5.74) is -3.83. The zero-order valence-electron chi connectivity index (χ0n) is 53.4. The van der Waals surface area contributed by atoms with Gasteiger partial charge in [0.25, 0.3) is 0 Å². The average molecular weight is 1300 g/mol. The lowest BCUT2D eigenvalue weighted by Crippen LogP contribution is -2.72. The van der Waals surface area contributed by atoms with Gasteiger partial charge in [-0.15, -0.1) is 0 Å². The van der Waals surface area contributed by atoms with Gasteiger partial charge in [0.05, 0.1) is 44.1 Å². The van der Waals surface area contributed by atoms with Crippen molar-refractivity contribution in [1.82, 2.24) is 0 Å². The van der Waals surface area contributed by atoms with Crippen LogP contribution in [0, 0.1) is 50.2 Å². The van der Waals surface area contributed by atoms with Crippen LogP contribution in [0.5, 0.6) is 0 Å². The molecule has 518 valence electrons. The van der Waals surface area contributed by atoms with E-state index in [2.05, 4.69) is 26.8 Å². The van der Waals surface area contributed by atoms with Crippen LogP contribution >= 0.6 is 0 Å². The molecule has 0 bridgehead atoms. The minimum Gasteiger partial charge on any atom is -0.479 e. The van der Waals surface area contributed by atoms with Gasteiger partial charge in [-0.3, -0.25) is 0 Å². The number of carbonyl (C=O) groups excluding carboxylic acids is 2. The van der Waals surface area contributed by atoms with E-state index in [0.29, 0.717) is 44.1 Å². The van der Waals surface area contributed by atoms with Crippen LogP contribution < -0.4 is 0 Å². The standard InChI is InChI=1S/C64H100O27/c1-10-12-13-14-39(71)86-52-51(91-54(81)29(3)11-2)59(4,5)23-31-30-15-16-36-60(6)19-18-38(61(7,21-22-65)35(60)17-20-62(36,8)63(30,9)24-37(70)64(31,52)28-67)85-58-50(90-56-45(77)43(75)42(74)34(25-66)84-56)47(46(78)48(88-58)53(79)80)87-57-49(41(73)33(69)27-83-57)89-55-44(76)40(72)32(68)26-82-55/h11,13-15,31-38,40-52,55-58,65-70,72-78H,10,12,16-28H2,1-9H3,(H,79,80)/b14-13-,29-11-/t31-,32+,33-,34+,35+,36+,37+,38-,40?,41-,42-,43-,44?,45+,46-,47-,48-,49+,50+,51-,52-,55?,56-,57-,58+,60-,61-,62+,63+,64-/m0/s1. The zero-order chi connectivity index (χ0) is 66.8. The Labute approximate surface area is 529 Å². The monoisotopic (exact) mass is 1300 g/mol. The van der Waals surface area contributed by atoms with E-state index in [1.54, 1.807) is 26.0 Å². The second-order valence-corrected chi connectivity index (χ2v) is 28.8. The predicted octanol–water partition coefficient (Wildman–Crippen LogP) is -0.492. The minimum absolute atomic E-state index is 0.0998. The molecule has 0 amide bonds. The van der Waals surface area contributed by atoms with Crippen LogP contribution in [0.15, 0.2) is 35.5 Å². The summed E-state index contributed by atoms with van der Waals surface area (Å²) in [7, 11) is 0. The Hall–Kier alpha value is -3.21. The molecule has 4 saturated carbocycles. The number of allylic oxidation sites excluding steroid dienone is 4. The molecule has 9 rings (SSSR count). The van der Waals surface area contributed by atoms with Crippen LogP contribution in [0.4, 0.5) is 0 Å². The summed E-state index contributed by atoms with van der Waals surface area (Å²) in [6.45, 7) is 14.8. The van der Waals surface area contributed by atoms with Crippen molar-refractivity contribution in [2.75, 3.05) is 33.0 Å². The quantitative estimate of drug-likeness (QED) is 0.0336. The third-order valence-electron chi connectivity index (χ3n) is 23.3. The van der Waals surface area contributed by atoms with E-state index in [1.165, 1.54) is 6.08 Å². The van der Waals surface area contributed by atoms with Gasteiger partial charge in [-0.05, 0) is 111 Å². The number of rotatable bonds is 19. The fraction of sp³-hybridized carbons (Fsp3) is 0.859. The topological polar surface area (TPSA) is 427 Å². The van der Waals surface area contributed by atoms with Gasteiger partial charge in [0.2, 0.25) is 0 Å². The van der Waals surface area contributed by atoms with E-state index < -0.39 is 218 Å². The van der Waals surface area contributed by atoms with Gasteiger partial charge in [-0.2, -0.15) is 0 Å². The Bertz CT molecular complexity index is 2650. The first-order chi connectivity index (χ1) is 42.8. The Morgan fingerprint density at radius 3 is 1.97 bits per heavy atom. The summed E-state index contributed by atoms with van der Waals surface area (Å²) in [6, 6.07) is 0. The van der Waals surface area contributed by atoms with Crippen LogP contribution in [0.1, 0.15) is 127 Å².